The van der Waals surface area contributed by atoms with Gasteiger partial charge in [-0.25, -0.2) is 12.8 Å². The monoisotopic (exact) mass is 379 g/mol. The van der Waals surface area contributed by atoms with Crippen molar-refractivity contribution in [2.45, 2.75) is 17.7 Å². The van der Waals surface area contributed by atoms with Gasteiger partial charge in [-0.05, 0) is 61.5 Å². The topological polar surface area (TPSA) is 61.4 Å². The zero-order valence-electron chi connectivity index (χ0n) is 13.4. The highest BCUT2D eigenvalue weighted by molar-refractivity contribution is 7.89. The third-order valence-electron chi connectivity index (χ3n) is 3.94. The van der Waals surface area contributed by atoms with Gasteiger partial charge in [0.1, 0.15) is 5.82 Å². The Morgan fingerprint density at radius 2 is 1.64 bits per heavy atom. The van der Waals surface area contributed by atoms with Gasteiger partial charge in [0.2, 0.25) is 10.0 Å². The van der Waals surface area contributed by atoms with E-state index in [-0.39, 0.29) is 15.7 Å². The molecule has 5 nitrogen and oxygen atoms in total. The van der Waals surface area contributed by atoms with E-state index in [0.717, 1.165) is 12.8 Å². The Kier molecular flexibility index (Phi) is 5.31. The van der Waals surface area contributed by atoms with Crippen LogP contribution in [0.5, 0.6) is 0 Å². The first-order valence-electron chi connectivity index (χ1n) is 7.89. The SMILES string of the molecule is O=S(=O)(c1ccc(NC(=S)Nc2ccccc2F)cc1)N1CCCC1. The van der Waals surface area contributed by atoms with E-state index in [1.807, 2.05) is 0 Å². The van der Waals surface area contributed by atoms with E-state index < -0.39 is 15.8 Å². The summed E-state index contributed by atoms with van der Waals surface area (Å²) >= 11 is 5.16. The molecular formula is C17H18FN3O2S2. The van der Waals surface area contributed by atoms with Crippen molar-refractivity contribution in [3.8, 4) is 0 Å². The molecule has 1 fully saturated rings. The minimum Gasteiger partial charge on any atom is -0.332 e. The fourth-order valence-corrected chi connectivity index (χ4v) is 4.38. The van der Waals surface area contributed by atoms with Gasteiger partial charge in [-0.15, -0.1) is 0 Å². The van der Waals surface area contributed by atoms with E-state index >= 15 is 0 Å². The molecule has 0 unspecified atom stereocenters. The summed E-state index contributed by atoms with van der Waals surface area (Å²) in [4.78, 5) is 0.257. The molecule has 0 atom stereocenters. The molecule has 8 heteroatoms. The maximum absolute atomic E-state index is 13.6. The highest BCUT2D eigenvalue weighted by Gasteiger charge is 2.26. The summed E-state index contributed by atoms with van der Waals surface area (Å²) in [6.45, 7) is 1.14. The van der Waals surface area contributed by atoms with Gasteiger partial charge in [0.05, 0.1) is 10.6 Å². The predicted molar refractivity (Wildman–Crippen MR) is 101 cm³/mol. The van der Waals surface area contributed by atoms with E-state index in [2.05, 4.69) is 10.6 Å². The first-order chi connectivity index (χ1) is 12.0. The third kappa shape index (κ3) is 4.15. The number of anilines is 2. The van der Waals surface area contributed by atoms with Crippen LogP contribution in [-0.4, -0.2) is 30.9 Å². The Morgan fingerprint density at radius 1 is 1.00 bits per heavy atom. The minimum absolute atomic E-state index is 0.222. The van der Waals surface area contributed by atoms with Crippen molar-refractivity contribution < 1.29 is 12.8 Å². The van der Waals surface area contributed by atoms with Crippen LogP contribution < -0.4 is 10.6 Å². The van der Waals surface area contributed by atoms with Crippen molar-refractivity contribution in [2.75, 3.05) is 23.7 Å². The number of hydrogen-bond acceptors (Lipinski definition) is 3. The Bertz CT molecular complexity index is 864. The number of benzene rings is 2. The summed E-state index contributed by atoms with van der Waals surface area (Å²) in [7, 11) is -3.43. The molecule has 25 heavy (non-hydrogen) atoms. The first-order valence-corrected chi connectivity index (χ1v) is 9.74. The summed E-state index contributed by atoms with van der Waals surface area (Å²) in [5.74, 6) is -0.404. The van der Waals surface area contributed by atoms with Gasteiger partial charge in [-0.3, -0.25) is 0 Å². The van der Waals surface area contributed by atoms with Crippen LogP contribution in [0.2, 0.25) is 0 Å². The number of sulfonamides is 1. The summed E-state index contributed by atoms with van der Waals surface area (Å²) in [5, 5.41) is 5.90. The van der Waals surface area contributed by atoms with Crippen molar-refractivity contribution in [1.82, 2.24) is 4.31 Å². The lowest BCUT2D eigenvalue weighted by Crippen LogP contribution is -2.27. The molecule has 0 bridgehead atoms. The molecule has 0 aliphatic carbocycles. The average molecular weight is 379 g/mol. The molecule has 0 saturated carbocycles. The standard InChI is InChI=1S/C17H18FN3O2S2/c18-15-5-1-2-6-16(15)20-17(24)19-13-7-9-14(10-8-13)25(22,23)21-11-3-4-12-21/h1-2,5-10H,3-4,11-12H2,(H2,19,20,24). The van der Waals surface area contributed by atoms with E-state index in [9.17, 15) is 12.8 Å². The maximum Gasteiger partial charge on any atom is 0.243 e. The van der Waals surface area contributed by atoms with Crippen LogP contribution in [0.25, 0.3) is 0 Å². The number of thiocarbonyl (C=S) groups is 1. The molecule has 0 aromatic heterocycles. The predicted octanol–water partition coefficient (Wildman–Crippen LogP) is 3.42. The molecule has 2 N–H and O–H groups in total. The summed E-state index contributed by atoms with van der Waals surface area (Å²) in [5.41, 5.74) is 0.891. The molecule has 2 aromatic rings. The third-order valence-corrected chi connectivity index (χ3v) is 6.05. The Labute approximate surface area is 151 Å². The Hall–Kier alpha value is -2.03. The average Bonchev–Trinajstić information content (AvgIpc) is 3.13. The van der Waals surface area contributed by atoms with Crippen LogP contribution in [0, 0.1) is 5.82 Å². The van der Waals surface area contributed by atoms with Gasteiger partial charge in [0.25, 0.3) is 0 Å². The Morgan fingerprint density at radius 3 is 2.28 bits per heavy atom. The number of nitrogens with one attached hydrogen (secondary N) is 2. The summed E-state index contributed by atoms with van der Waals surface area (Å²) in [6.07, 6.45) is 1.80. The van der Waals surface area contributed by atoms with E-state index in [0.29, 0.717) is 18.8 Å². The molecule has 132 valence electrons. The Balaban J connectivity index is 1.66. The molecule has 0 amide bonds. The van der Waals surface area contributed by atoms with Gasteiger partial charge < -0.3 is 10.6 Å². The summed E-state index contributed by atoms with van der Waals surface area (Å²) in [6, 6.07) is 12.6. The zero-order valence-corrected chi connectivity index (χ0v) is 15.0. The zero-order chi connectivity index (χ0) is 17.9. The van der Waals surface area contributed by atoms with Gasteiger partial charge in [0, 0.05) is 18.8 Å². The highest BCUT2D eigenvalue weighted by atomic mass is 32.2. The van der Waals surface area contributed by atoms with Gasteiger partial charge >= 0.3 is 0 Å². The van der Waals surface area contributed by atoms with Crippen LogP contribution in [0.3, 0.4) is 0 Å². The number of halogens is 1. The lowest BCUT2D eigenvalue weighted by Gasteiger charge is -2.16. The highest BCUT2D eigenvalue weighted by Crippen LogP contribution is 2.22. The number of rotatable bonds is 4. The quantitative estimate of drug-likeness (QED) is 0.797. The van der Waals surface area contributed by atoms with Crippen molar-refractivity contribution in [3.05, 3.63) is 54.3 Å². The second-order valence-electron chi connectivity index (χ2n) is 5.69. The fourth-order valence-electron chi connectivity index (χ4n) is 2.64. The maximum atomic E-state index is 13.6. The normalized spacial score (nSPS) is 15.1. The minimum atomic E-state index is -3.43. The van der Waals surface area contributed by atoms with E-state index in [4.69, 9.17) is 12.2 Å². The van der Waals surface area contributed by atoms with Gasteiger partial charge in [0.15, 0.2) is 5.11 Å². The molecule has 1 heterocycles. The lowest BCUT2D eigenvalue weighted by atomic mass is 10.3. The van der Waals surface area contributed by atoms with Crippen molar-refractivity contribution in [2.24, 2.45) is 0 Å². The molecule has 1 saturated heterocycles. The van der Waals surface area contributed by atoms with Crippen LogP contribution in [0.1, 0.15) is 12.8 Å². The number of para-hydroxylation sites is 1. The molecule has 0 radical (unpaired) electrons. The molecule has 1 aliphatic heterocycles. The van der Waals surface area contributed by atoms with Crippen molar-refractivity contribution >= 4 is 38.7 Å². The second kappa shape index (κ2) is 7.47. The molecule has 0 spiro atoms. The first kappa shape index (κ1) is 17.8. The molecule has 3 rings (SSSR count). The molecular weight excluding hydrogens is 361 g/mol. The number of hydrogen-bond donors (Lipinski definition) is 2. The van der Waals surface area contributed by atoms with Crippen molar-refractivity contribution in [3.63, 3.8) is 0 Å². The van der Waals surface area contributed by atoms with Gasteiger partial charge in [-0.2, -0.15) is 4.31 Å². The van der Waals surface area contributed by atoms with Crippen LogP contribution in [0.15, 0.2) is 53.4 Å². The van der Waals surface area contributed by atoms with Crippen LogP contribution in [-0.2, 0) is 10.0 Å². The molecule has 2 aromatic carbocycles. The van der Waals surface area contributed by atoms with E-state index in [1.165, 1.54) is 10.4 Å². The largest absolute Gasteiger partial charge is 0.332 e. The van der Waals surface area contributed by atoms with Crippen LogP contribution >= 0.6 is 12.2 Å². The van der Waals surface area contributed by atoms with Gasteiger partial charge in [-0.1, -0.05) is 12.1 Å². The fraction of sp³-hybridized carbons (Fsp3) is 0.235. The van der Waals surface area contributed by atoms with Crippen LogP contribution in [0.4, 0.5) is 15.8 Å². The lowest BCUT2D eigenvalue weighted by molar-refractivity contribution is 0.477. The summed E-state index contributed by atoms with van der Waals surface area (Å²) < 4.78 is 40.0. The second-order valence-corrected chi connectivity index (χ2v) is 8.04. The van der Waals surface area contributed by atoms with Crippen molar-refractivity contribution in [1.29, 1.82) is 0 Å². The van der Waals surface area contributed by atoms with E-state index in [1.54, 1.807) is 42.5 Å². The number of nitrogens with zero attached hydrogens (tertiary/aromatic N) is 1. The molecule has 1 aliphatic rings. The smallest absolute Gasteiger partial charge is 0.243 e.